The van der Waals surface area contributed by atoms with Crippen LogP contribution in [0.2, 0.25) is 5.02 Å². The molecule has 0 spiro atoms. The highest BCUT2D eigenvalue weighted by atomic mass is 35.5. The predicted octanol–water partition coefficient (Wildman–Crippen LogP) is 4.92. The quantitative estimate of drug-likeness (QED) is 0.792. The number of hydrogen-bond donors (Lipinski definition) is 2. The molecule has 0 fully saturated rings. The third-order valence-corrected chi connectivity index (χ3v) is 4.65. The molecular formula is C16H19ClN2OS. The first-order chi connectivity index (χ1) is 10.1. The van der Waals surface area contributed by atoms with Gasteiger partial charge in [-0.3, -0.25) is 4.79 Å². The molecule has 3 nitrogen and oxygen atoms in total. The Labute approximate surface area is 134 Å². The summed E-state index contributed by atoms with van der Waals surface area (Å²) in [6.45, 7) is 4.71. The minimum Gasteiger partial charge on any atom is -0.379 e. The van der Waals surface area contributed by atoms with Crippen LogP contribution in [0.5, 0.6) is 0 Å². The maximum absolute atomic E-state index is 11.4. The number of thiophene rings is 1. The third kappa shape index (κ3) is 4.48. The number of amides is 1. The van der Waals surface area contributed by atoms with E-state index in [2.05, 4.69) is 29.7 Å². The molecule has 2 rings (SSSR count). The molecule has 2 aromatic rings. The zero-order chi connectivity index (χ0) is 15.2. The van der Waals surface area contributed by atoms with Gasteiger partial charge in [-0.25, -0.2) is 0 Å². The summed E-state index contributed by atoms with van der Waals surface area (Å²) in [5.74, 6) is -0.00545. The van der Waals surface area contributed by atoms with E-state index < -0.39 is 0 Å². The average molecular weight is 323 g/mol. The fraction of sp³-hybridized carbons (Fsp3) is 0.312. The molecule has 112 valence electrons. The molecule has 21 heavy (non-hydrogen) atoms. The number of carbonyl (C=O) groups is 1. The van der Waals surface area contributed by atoms with Crippen LogP contribution in [0.15, 0.2) is 30.3 Å². The number of benzene rings is 1. The normalized spacial score (nSPS) is 10.4. The Morgan fingerprint density at radius 1 is 1.19 bits per heavy atom. The molecule has 2 N–H and O–H groups in total. The second-order valence-electron chi connectivity index (χ2n) is 4.67. The molecule has 0 unspecified atom stereocenters. The van der Waals surface area contributed by atoms with E-state index in [1.54, 1.807) is 23.5 Å². The lowest BCUT2D eigenvalue weighted by Crippen LogP contribution is -2.09. The van der Waals surface area contributed by atoms with Crippen molar-refractivity contribution in [1.29, 1.82) is 0 Å². The smallest absolute Gasteiger partial charge is 0.224 e. The van der Waals surface area contributed by atoms with Gasteiger partial charge in [-0.05, 0) is 36.8 Å². The Balaban J connectivity index is 2.04. The maximum atomic E-state index is 11.4. The van der Waals surface area contributed by atoms with Crippen LogP contribution < -0.4 is 10.6 Å². The number of halogens is 1. The summed E-state index contributed by atoms with van der Waals surface area (Å²) in [7, 11) is 0. The van der Waals surface area contributed by atoms with Gasteiger partial charge in [-0.15, -0.1) is 11.3 Å². The van der Waals surface area contributed by atoms with Crippen LogP contribution in [-0.4, -0.2) is 5.91 Å². The third-order valence-electron chi connectivity index (χ3n) is 3.09. The summed E-state index contributed by atoms with van der Waals surface area (Å²) in [6, 6.07) is 9.75. The van der Waals surface area contributed by atoms with Crippen molar-refractivity contribution in [2.24, 2.45) is 0 Å². The molecule has 1 heterocycles. The largest absolute Gasteiger partial charge is 0.379 e. The summed E-state index contributed by atoms with van der Waals surface area (Å²) < 4.78 is 0. The number of nitrogens with one attached hydrogen (secondary N) is 2. The van der Waals surface area contributed by atoms with E-state index in [0.29, 0.717) is 11.4 Å². The van der Waals surface area contributed by atoms with Crippen LogP contribution in [-0.2, 0) is 17.8 Å². The van der Waals surface area contributed by atoms with Crippen molar-refractivity contribution in [2.45, 2.75) is 33.2 Å². The van der Waals surface area contributed by atoms with Crippen LogP contribution in [0.4, 0.5) is 11.4 Å². The van der Waals surface area contributed by atoms with Crippen LogP contribution in [0.3, 0.4) is 0 Å². The molecule has 1 aromatic carbocycles. The van der Waals surface area contributed by atoms with Gasteiger partial charge in [0.15, 0.2) is 0 Å². The fourth-order valence-corrected chi connectivity index (χ4v) is 2.96. The topological polar surface area (TPSA) is 41.1 Å². The lowest BCUT2D eigenvalue weighted by molar-refractivity contribution is -0.115. The summed E-state index contributed by atoms with van der Waals surface area (Å²) in [4.78, 5) is 14.1. The Morgan fingerprint density at radius 2 is 1.95 bits per heavy atom. The Hall–Kier alpha value is -1.52. The maximum Gasteiger partial charge on any atom is 0.224 e. The van der Waals surface area contributed by atoms with Crippen molar-refractivity contribution in [3.63, 3.8) is 0 Å². The minimum atomic E-state index is -0.00545. The van der Waals surface area contributed by atoms with Gasteiger partial charge < -0.3 is 10.6 Å². The Morgan fingerprint density at radius 3 is 2.62 bits per heavy atom. The first kappa shape index (κ1) is 15.9. The summed E-state index contributed by atoms with van der Waals surface area (Å²) in [5, 5.41) is 6.81. The van der Waals surface area contributed by atoms with Gasteiger partial charge in [0, 0.05) is 28.4 Å². The van der Waals surface area contributed by atoms with Gasteiger partial charge in [-0.2, -0.15) is 0 Å². The van der Waals surface area contributed by atoms with Gasteiger partial charge in [0.2, 0.25) is 5.91 Å². The van der Waals surface area contributed by atoms with E-state index >= 15 is 0 Å². The van der Waals surface area contributed by atoms with Crippen molar-refractivity contribution in [1.82, 2.24) is 0 Å². The summed E-state index contributed by atoms with van der Waals surface area (Å²) >= 11 is 7.99. The molecule has 0 saturated heterocycles. The number of aryl methyl sites for hydroxylation is 1. The zero-order valence-electron chi connectivity index (χ0n) is 12.2. The van der Waals surface area contributed by atoms with Crippen molar-refractivity contribution in [2.75, 3.05) is 10.6 Å². The van der Waals surface area contributed by atoms with Crippen molar-refractivity contribution in [3.8, 4) is 0 Å². The van der Waals surface area contributed by atoms with E-state index in [1.807, 2.05) is 13.0 Å². The number of carbonyl (C=O) groups excluding carboxylic acids is 1. The highest BCUT2D eigenvalue weighted by Gasteiger charge is 2.05. The van der Waals surface area contributed by atoms with Crippen LogP contribution in [0.1, 0.15) is 30.0 Å². The molecule has 1 amide bonds. The first-order valence-corrected chi connectivity index (χ1v) is 8.22. The van der Waals surface area contributed by atoms with E-state index in [4.69, 9.17) is 11.6 Å². The molecule has 0 atom stereocenters. The number of anilines is 2. The van der Waals surface area contributed by atoms with Gasteiger partial charge in [0.05, 0.1) is 10.7 Å². The van der Waals surface area contributed by atoms with Gasteiger partial charge in [0.25, 0.3) is 0 Å². The van der Waals surface area contributed by atoms with Crippen LogP contribution >= 0.6 is 22.9 Å². The molecule has 0 radical (unpaired) electrons. The number of hydrogen-bond acceptors (Lipinski definition) is 3. The lowest BCUT2D eigenvalue weighted by Gasteiger charge is -2.10. The van der Waals surface area contributed by atoms with Gasteiger partial charge in [0.1, 0.15) is 0 Å². The highest BCUT2D eigenvalue weighted by molar-refractivity contribution is 7.12. The molecule has 0 aliphatic heterocycles. The molecule has 0 aliphatic carbocycles. The minimum absolute atomic E-state index is 0.00545. The predicted molar refractivity (Wildman–Crippen MR) is 91.4 cm³/mol. The molecule has 0 saturated carbocycles. The van der Waals surface area contributed by atoms with Crippen LogP contribution in [0.25, 0.3) is 0 Å². The van der Waals surface area contributed by atoms with E-state index in [-0.39, 0.29) is 5.91 Å². The SMILES string of the molecule is CCC(=O)Nc1ccc(Cl)c(NCc2ccc(CC)s2)c1. The monoisotopic (exact) mass is 322 g/mol. The molecule has 0 bridgehead atoms. The average Bonchev–Trinajstić information content (AvgIpc) is 2.95. The zero-order valence-corrected chi connectivity index (χ0v) is 13.8. The van der Waals surface area contributed by atoms with E-state index in [1.165, 1.54) is 9.75 Å². The molecule has 1 aromatic heterocycles. The molecule has 5 heteroatoms. The lowest BCUT2D eigenvalue weighted by atomic mass is 10.2. The van der Waals surface area contributed by atoms with E-state index in [0.717, 1.165) is 24.3 Å². The fourth-order valence-electron chi connectivity index (χ4n) is 1.88. The first-order valence-electron chi connectivity index (χ1n) is 7.03. The van der Waals surface area contributed by atoms with Crippen molar-refractivity contribution in [3.05, 3.63) is 45.1 Å². The van der Waals surface area contributed by atoms with Gasteiger partial charge >= 0.3 is 0 Å². The molecule has 0 aliphatic rings. The van der Waals surface area contributed by atoms with Crippen molar-refractivity contribution >= 4 is 40.2 Å². The standard InChI is InChI=1S/C16H19ClN2OS/c1-3-12-6-7-13(21-12)10-18-15-9-11(5-8-14(15)17)19-16(20)4-2/h5-9,18H,3-4,10H2,1-2H3,(H,19,20). The van der Waals surface area contributed by atoms with Crippen LogP contribution in [0, 0.1) is 0 Å². The highest BCUT2D eigenvalue weighted by Crippen LogP contribution is 2.27. The van der Waals surface area contributed by atoms with E-state index in [9.17, 15) is 4.79 Å². The summed E-state index contributed by atoms with van der Waals surface area (Å²) in [5.41, 5.74) is 1.59. The second kappa shape index (κ2) is 7.48. The second-order valence-corrected chi connectivity index (χ2v) is 6.33. The summed E-state index contributed by atoms with van der Waals surface area (Å²) in [6.07, 6.45) is 1.52. The van der Waals surface area contributed by atoms with Crippen molar-refractivity contribution < 1.29 is 4.79 Å². The Bertz CT molecular complexity index is 624. The molecular weight excluding hydrogens is 304 g/mol. The Kier molecular flexibility index (Phi) is 5.65. The van der Waals surface area contributed by atoms with Gasteiger partial charge in [-0.1, -0.05) is 25.4 Å². The number of rotatable bonds is 6.